The number of nitrogens with zero attached hydrogens (tertiary/aromatic N) is 2. The number of nitrogens with two attached hydrogens (primary N) is 1. The molecule has 0 saturated carbocycles. The van der Waals surface area contributed by atoms with Crippen molar-refractivity contribution in [3.8, 4) is 0 Å². The predicted octanol–water partition coefficient (Wildman–Crippen LogP) is 2.01. The first-order valence-corrected chi connectivity index (χ1v) is 8.56. The molecule has 21 heavy (non-hydrogen) atoms. The van der Waals surface area contributed by atoms with E-state index in [4.69, 9.17) is 15.2 Å². The van der Waals surface area contributed by atoms with Crippen LogP contribution in [-0.2, 0) is 9.47 Å². The van der Waals surface area contributed by atoms with Crippen molar-refractivity contribution < 1.29 is 9.47 Å². The molecule has 0 amide bonds. The number of ether oxygens (including phenoxy) is 2. The Kier molecular flexibility index (Phi) is 7.89. The Bertz CT molecular complexity index is 296. The van der Waals surface area contributed by atoms with Crippen molar-refractivity contribution in [3.63, 3.8) is 0 Å². The summed E-state index contributed by atoms with van der Waals surface area (Å²) >= 11 is 0. The van der Waals surface area contributed by atoms with Gasteiger partial charge in [0.15, 0.2) is 5.96 Å². The standard InChI is InChI=1S/C16H31N3O2/c17-16(19-9-3-1-2-4-10-19)18-8-5-11-21-14-15-6-12-20-13-7-15/h15H,1-14H2,(H2,17,18). The molecular formula is C16H31N3O2. The summed E-state index contributed by atoms with van der Waals surface area (Å²) in [5, 5.41) is 0. The van der Waals surface area contributed by atoms with Gasteiger partial charge < -0.3 is 20.1 Å². The summed E-state index contributed by atoms with van der Waals surface area (Å²) in [4.78, 5) is 6.73. The van der Waals surface area contributed by atoms with E-state index in [1.54, 1.807) is 0 Å². The Morgan fingerprint density at radius 2 is 1.86 bits per heavy atom. The quantitative estimate of drug-likeness (QED) is 0.463. The fraction of sp³-hybridized carbons (Fsp3) is 0.938. The predicted molar refractivity (Wildman–Crippen MR) is 85.5 cm³/mol. The zero-order valence-electron chi connectivity index (χ0n) is 13.3. The SMILES string of the molecule is NC(=NCCCOCC1CCOCC1)N1CCCCCC1. The Balaban J connectivity index is 1.52. The van der Waals surface area contributed by atoms with E-state index in [0.717, 1.165) is 71.3 Å². The van der Waals surface area contributed by atoms with Crippen molar-refractivity contribution in [2.45, 2.75) is 44.9 Å². The largest absolute Gasteiger partial charge is 0.381 e. The Morgan fingerprint density at radius 3 is 2.57 bits per heavy atom. The van der Waals surface area contributed by atoms with E-state index < -0.39 is 0 Å². The maximum absolute atomic E-state index is 6.07. The highest BCUT2D eigenvalue weighted by molar-refractivity contribution is 5.78. The van der Waals surface area contributed by atoms with Gasteiger partial charge in [-0.15, -0.1) is 0 Å². The number of guanidine groups is 1. The molecule has 0 unspecified atom stereocenters. The molecule has 2 fully saturated rings. The van der Waals surface area contributed by atoms with Gasteiger partial charge in [0, 0.05) is 46.1 Å². The molecule has 5 nitrogen and oxygen atoms in total. The van der Waals surface area contributed by atoms with Crippen molar-refractivity contribution in [3.05, 3.63) is 0 Å². The van der Waals surface area contributed by atoms with Crippen LogP contribution < -0.4 is 5.73 Å². The Morgan fingerprint density at radius 1 is 1.14 bits per heavy atom. The first kappa shape index (κ1) is 16.6. The molecule has 0 radical (unpaired) electrons. The van der Waals surface area contributed by atoms with Crippen molar-refractivity contribution in [1.29, 1.82) is 0 Å². The van der Waals surface area contributed by atoms with E-state index in [1.165, 1.54) is 25.7 Å². The Hall–Kier alpha value is -0.810. The van der Waals surface area contributed by atoms with Crippen LogP contribution in [0.2, 0.25) is 0 Å². The van der Waals surface area contributed by atoms with Gasteiger partial charge in [0.05, 0.1) is 0 Å². The molecule has 0 atom stereocenters. The van der Waals surface area contributed by atoms with Gasteiger partial charge in [0.25, 0.3) is 0 Å². The van der Waals surface area contributed by atoms with E-state index in [-0.39, 0.29) is 0 Å². The lowest BCUT2D eigenvalue weighted by Crippen LogP contribution is -2.38. The zero-order valence-corrected chi connectivity index (χ0v) is 13.3. The fourth-order valence-electron chi connectivity index (χ4n) is 2.92. The van der Waals surface area contributed by atoms with Crippen molar-refractivity contribution in [2.75, 3.05) is 46.1 Å². The first-order chi connectivity index (χ1) is 10.4. The molecular weight excluding hydrogens is 266 g/mol. The maximum atomic E-state index is 6.07. The minimum absolute atomic E-state index is 0.685. The van der Waals surface area contributed by atoms with Crippen molar-refractivity contribution in [2.24, 2.45) is 16.6 Å². The van der Waals surface area contributed by atoms with Crippen LogP contribution in [0.3, 0.4) is 0 Å². The average molecular weight is 297 g/mol. The molecule has 5 heteroatoms. The molecule has 122 valence electrons. The number of aliphatic imine (C=N–C) groups is 1. The summed E-state index contributed by atoms with van der Waals surface area (Å²) in [6.07, 6.45) is 8.36. The average Bonchev–Trinajstić information content (AvgIpc) is 2.81. The summed E-state index contributed by atoms with van der Waals surface area (Å²) in [6.45, 7) is 6.35. The normalized spacial score (nSPS) is 22.3. The summed E-state index contributed by atoms with van der Waals surface area (Å²) in [5.74, 6) is 1.41. The van der Waals surface area contributed by atoms with Crippen LogP contribution in [0.25, 0.3) is 0 Å². The van der Waals surface area contributed by atoms with Gasteiger partial charge in [-0.05, 0) is 38.0 Å². The van der Waals surface area contributed by atoms with Gasteiger partial charge in [0.2, 0.25) is 0 Å². The lowest BCUT2D eigenvalue weighted by Gasteiger charge is -2.22. The lowest BCUT2D eigenvalue weighted by molar-refractivity contribution is 0.0205. The van der Waals surface area contributed by atoms with Crippen LogP contribution in [0.4, 0.5) is 0 Å². The lowest BCUT2D eigenvalue weighted by atomic mass is 10.0. The van der Waals surface area contributed by atoms with Crippen LogP contribution in [0.5, 0.6) is 0 Å². The van der Waals surface area contributed by atoms with E-state index in [1.807, 2.05) is 0 Å². The zero-order chi connectivity index (χ0) is 14.8. The van der Waals surface area contributed by atoms with E-state index in [0.29, 0.717) is 5.92 Å². The van der Waals surface area contributed by atoms with Crippen LogP contribution in [0.1, 0.15) is 44.9 Å². The molecule has 2 rings (SSSR count). The molecule has 2 saturated heterocycles. The summed E-state index contributed by atoms with van der Waals surface area (Å²) in [5.41, 5.74) is 6.07. The highest BCUT2D eigenvalue weighted by Crippen LogP contribution is 2.14. The van der Waals surface area contributed by atoms with Crippen LogP contribution in [0, 0.1) is 5.92 Å². The molecule has 0 spiro atoms. The van der Waals surface area contributed by atoms with Crippen molar-refractivity contribution >= 4 is 5.96 Å². The van der Waals surface area contributed by atoms with Gasteiger partial charge in [-0.1, -0.05) is 12.8 Å². The van der Waals surface area contributed by atoms with E-state index in [9.17, 15) is 0 Å². The second-order valence-electron chi connectivity index (χ2n) is 6.13. The third-order valence-electron chi connectivity index (χ3n) is 4.35. The second-order valence-corrected chi connectivity index (χ2v) is 6.13. The van der Waals surface area contributed by atoms with Gasteiger partial charge in [-0.3, -0.25) is 4.99 Å². The highest BCUT2D eigenvalue weighted by Gasteiger charge is 2.13. The third kappa shape index (κ3) is 6.66. The van der Waals surface area contributed by atoms with Gasteiger partial charge in [-0.25, -0.2) is 0 Å². The number of hydrogen-bond donors (Lipinski definition) is 1. The molecule has 0 aromatic heterocycles. The minimum atomic E-state index is 0.685. The van der Waals surface area contributed by atoms with E-state index in [2.05, 4.69) is 9.89 Å². The van der Waals surface area contributed by atoms with Crippen molar-refractivity contribution in [1.82, 2.24) is 4.90 Å². The third-order valence-corrected chi connectivity index (χ3v) is 4.35. The first-order valence-electron chi connectivity index (χ1n) is 8.56. The van der Waals surface area contributed by atoms with Gasteiger partial charge in [0.1, 0.15) is 0 Å². The molecule has 0 aromatic rings. The number of likely N-dealkylation sites (tertiary alicyclic amines) is 1. The second kappa shape index (κ2) is 10.0. The molecule has 2 N–H and O–H groups in total. The maximum Gasteiger partial charge on any atom is 0.191 e. The summed E-state index contributed by atoms with van der Waals surface area (Å²) < 4.78 is 11.1. The number of hydrogen-bond acceptors (Lipinski definition) is 3. The van der Waals surface area contributed by atoms with Crippen LogP contribution in [-0.4, -0.2) is 56.9 Å². The number of rotatable bonds is 6. The topological polar surface area (TPSA) is 60.1 Å². The smallest absolute Gasteiger partial charge is 0.191 e. The summed E-state index contributed by atoms with van der Waals surface area (Å²) in [6, 6.07) is 0. The molecule has 2 heterocycles. The van der Waals surface area contributed by atoms with Crippen LogP contribution >= 0.6 is 0 Å². The monoisotopic (exact) mass is 297 g/mol. The summed E-state index contributed by atoms with van der Waals surface area (Å²) in [7, 11) is 0. The van der Waals surface area contributed by atoms with Gasteiger partial charge >= 0.3 is 0 Å². The van der Waals surface area contributed by atoms with Crippen LogP contribution in [0.15, 0.2) is 4.99 Å². The Labute approximate surface area is 128 Å². The minimum Gasteiger partial charge on any atom is -0.381 e. The highest BCUT2D eigenvalue weighted by atomic mass is 16.5. The molecule has 0 bridgehead atoms. The molecule has 0 aromatic carbocycles. The molecule has 0 aliphatic carbocycles. The van der Waals surface area contributed by atoms with Gasteiger partial charge in [-0.2, -0.15) is 0 Å². The van der Waals surface area contributed by atoms with E-state index >= 15 is 0 Å². The molecule has 2 aliphatic rings. The fourth-order valence-corrected chi connectivity index (χ4v) is 2.92. The molecule has 2 aliphatic heterocycles.